The average molecular weight is 1300 g/mol. The van der Waals surface area contributed by atoms with E-state index in [2.05, 4.69) is 63.1 Å². The molecule has 0 aliphatic heterocycles. The summed E-state index contributed by atoms with van der Waals surface area (Å²) in [4.78, 5) is 50.4. The topological polar surface area (TPSA) is 92.3 Å². The molecule has 408 valence electrons. The van der Waals surface area contributed by atoms with Gasteiger partial charge in [-0.15, -0.1) is 34.0 Å². The summed E-state index contributed by atoms with van der Waals surface area (Å²) in [6.45, 7) is 7.41. The number of benzene rings is 8. The summed E-state index contributed by atoms with van der Waals surface area (Å²) in [6, 6.07) is 69.4. The SMILES string of the molecule is Br.Br.C[N+](C)(CCNCCc1ccc(C(=O)c2ccccc2)cc1)Cc1ccc(C(=O)c2ccccc2)cc1.C[N+](C)(CCNCCc1ccc(C(=O)c2ccccc2)cc1)Cc1ccc(C(=O)c2ccccc2)cc1.[Br-].[Br-]. The molecule has 8 nitrogen and oxygen atoms in total. The van der Waals surface area contributed by atoms with Gasteiger partial charge >= 0.3 is 0 Å². The minimum absolute atomic E-state index is 0. The molecule has 0 amide bonds. The maximum absolute atomic E-state index is 12.6. The Kier molecular flexibility index (Phi) is 28.6. The molecule has 2 N–H and O–H groups in total. The van der Waals surface area contributed by atoms with E-state index < -0.39 is 0 Å². The Balaban J connectivity index is 0.000000390. The Hall–Kier alpha value is -5.80. The van der Waals surface area contributed by atoms with E-state index in [-0.39, 0.29) is 91.1 Å². The third kappa shape index (κ3) is 21.1. The lowest BCUT2D eigenvalue weighted by atomic mass is 10.0. The quantitative estimate of drug-likeness (QED) is 0.0421. The van der Waals surface area contributed by atoms with Gasteiger partial charge in [-0.25, -0.2) is 0 Å². The van der Waals surface area contributed by atoms with Crippen LogP contribution in [0.15, 0.2) is 218 Å². The van der Waals surface area contributed by atoms with Gasteiger partial charge in [-0.3, -0.25) is 19.2 Å². The zero-order valence-electron chi connectivity index (χ0n) is 45.0. The normalized spacial score (nSPS) is 10.7. The highest BCUT2D eigenvalue weighted by Crippen LogP contribution is 2.18. The summed E-state index contributed by atoms with van der Waals surface area (Å²) in [6.07, 6.45) is 1.84. The number of carbonyl (C=O) groups excluding carboxylic acids is 4. The van der Waals surface area contributed by atoms with Crippen molar-refractivity contribution in [2.45, 2.75) is 25.9 Å². The van der Waals surface area contributed by atoms with Crippen LogP contribution in [0, 0.1) is 0 Å². The maximum atomic E-state index is 12.6. The van der Waals surface area contributed by atoms with Gasteiger partial charge in [0.25, 0.3) is 0 Å². The van der Waals surface area contributed by atoms with Crippen molar-refractivity contribution in [1.29, 1.82) is 0 Å². The second-order valence-corrected chi connectivity index (χ2v) is 20.2. The van der Waals surface area contributed by atoms with Crippen molar-refractivity contribution in [1.82, 2.24) is 10.6 Å². The van der Waals surface area contributed by atoms with Crippen LogP contribution in [0.4, 0.5) is 0 Å². The number of quaternary nitrogens is 2. The molecule has 8 aromatic rings. The van der Waals surface area contributed by atoms with Gasteiger partial charge in [0.05, 0.1) is 41.3 Å². The van der Waals surface area contributed by atoms with Crippen LogP contribution < -0.4 is 44.6 Å². The van der Waals surface area contributed by atoms with Gasteiger partial charge in [0.1, 0.15) is 13.1 Å². The number of rotatable bonds is 24. The summed E-state index contributed by atoms with van der Waals surface area (Å²) < 4.78 is 1.71. The first-order valence-electron chi connectivity index (χ1n) is 25.6. The predicted octanol–water partition coefficient (Wildman–Crippen LogP) is 6.28. The fourth-order valence-electron chi connectivity index (χ4n) is 8.82. The molecule has 0 fully saturated rings. The van der Waals surface area contributed by atoms with Gasteiger partial charge in [-0.1, -0.05) is 218 Å². The number of ketones is 4. The number of halogens is 4. The third-order valence-corrected chi connectivity index (χ3v) is 13.2. The van der Waals surface area contributed by atoms with Crippen molar-refractivity contribution in [3.8, 4) is 0 Å². The van der Waals surface area contributed by atoms with Crippen LogP contribution in [0.25, 0.3) is 0 Å². The molecule has 0 heterocycles. The first-order chi connectivity index (χ1) is 35.8. The number of likely N-dealkylation sites (N-methyl/N-ethyl adjacent to an activating group) is 2. The lowest BCUT2D eigenvalue weighted by Gasteiger charge is -2.30. The Morgan fingerprint density at radius 1 is 0.295 bits per heavy atom. The molecule has 0 atom stereocenters. The molecule has 0 aromatic heterocycles. The highest BCUT2D eigenvalue weighted by atomic mass is 79.9. The molecule has 8 rings (SSSR count). The van der Waals surface area contributed by atoms with Crippen molar-refractivity contribution in [3.05, 3.63) is 285 Å². The van der Waals surface area contributed by atoms with E-state index in [9.17, 15) is 19.2 Å². The highest BCUT2D eigenvalue weighted by molar-refractivity contribution is 8.93. The molecule has 0 unspecified atom stereocenters. The molecule has 8 aromatic carbocycles. The minimum Gasteiger partial charge on any atom is -1.00 e. The van der Waals surface area contributed by atoms with Crippen molar-refractivity contribution in [3.63, 3.8) is 0 Å². The van der Waals surface area contributed by atoms with Crippen LogP contribution in [0.2, 0.25) is 0 Å². The van der Waals surface area contributed by atoms with Gasteiger partial charge in [0.15, 0.2) is 23.1 Å². The van der Waals surface area contributed by atoms with Crippen LogP contribution in [-0.2, 0) is 25.9 Å². The molecular formula is C66H72Br4N4O4. The molecular weight excluding hydrogens is 1230 g/mol. The van der Waals surface area contributed by atoms with E-state index in [1.807, 2.05) is 194 Å². The summed E-state index contributed by atoms with van der Waals surface area (Å²) in [7, 11) is 8.92. The summed E-state index contributed by atoms with van der Waals surface area (Å²) in [5.41, 5.74) is 10.6. The number of hydrogen-bond donors (Lipinski definition) is 2. The molecule has 0 spiro atoms. The van der Waals surface area contributed by atoms with Gasteiger partial charge in [-0.2, -0.15) is 0 Å². The molecule has 0 saturated heterocycles. The predicted molar refractivity (Wildman–Crippen MR) is 320 cm³/mol. The first-order valence-corrected chi connectivity index (χ1v) is 25.6. The van der Waals surface area contributed by atoms with Crippen LogP contribution in [0.5, 0.6) is 0 Å². The summed E-state index contributed by atoms with van der Waals surface area (Å²) in [5, 5.41) is 7.11. The Bertz CT molecular complexity index is 2830. The highest BCUT2D eigenvalue weighted by Gasteiger charge is 2.19. The van der Waals surface area contributed by atoms with E-state index in [1.54, 1.807) is 0 Å². The second kappa shape index (κ2) is 33.6. The lowest BCUT2D eigenvalue weighted by molar-refractivity contribution is -0.902. The van der Waals surface area contributed by atoms with E-state index >= 15 is 0 Å². The monoisotopic (exact) mass is 1300 g/mol. The zero-order valence-corrected chi connectivity index (χ0v) is 51.6. The fourth-order valence-corrected chi connectivity index (χ4v) is 8.82. The van der Waals surface area contributed by atoms with Crippen LogP contribution >= 0.6 is 34.0 Å². The number of hydrogen-bond acceptors (Lipinski definition) is 6. The van der Waals surface area contributed by atoms with Gasteiger partial charge in [-0.05, 0) is 37.1 Å². The van der Waals surface area contributed by atoms with Crippen LogP contribution in [0.1, 0.15) is 85.9 Å². The Morgan fingerprint density at radius 3 is 0.731 bits per heavy atom. The molecule has 0 aliphatic rings. The second-order valence-electron chi connectivity index (χ2n) is 20.2. The third-order valence-electron chi connectivity index (χ3n) is 13.2. The molecule has 0 radical (unpaired) electrons. The number of nitrogens with one attached hydrogen (secondary N) is 2. The standard InChI is InChI=1S/2C33H35N2O2.4BrH/c2*1-35(2,25-27-15-19-31(20-16-27)33(37)29-11-7-4-8-12-29)24-23-34-22-21-26-13-17-30(18-14-26)32(36)28-9-5-3-6-10-28;;;;/h2*3-20,34H,21-25H2,1-2H3;4*1H/q2*+1;;;;/p-2. The van der Waals surface area contributed by atoms with Crippen molar-refractivity contribution < 1.29 is 62.1 Å². The summed E-state index contributed by atoms with van der Waals surface area (Å²) in [5.74, 6) is 0.232. The van der Waals surface area contributed by atoms with E-state index in [1.165, 1.54) is 22.3 Å². The first kappa shape index (κ1) is 66.5. The van der Waals surface area contributed by atoms with Crippen molar-refractivity contribution in [2.24, 2.45) is 0 Å². The fraction of sp³-hybridized carbons (Fsp3) is 0.212. The Labute approximate surface area is 504 Å². The smallest absolute Gasteiger partial charge is 0.193 e. The van der Waals surface area contributed by atoms with E-state index in [0.717, 1.165) is 96.4 Å². The number of nitrogens with zero attached hydrogens (tertiary/aromatic N) is 2. The molecule has 0 bridgehead atoms. The largest absolute Gasteiger partial charge is 1.00 e. The molecule has 78 heavy (non-hydrogen) atoms. The Morgan fingerprint density at radius 2 is 0.500 bits per heavy atom. The molecule has 12 heteroatoms. The van der Waals surface area contributed by atoms with Gasteiger partial charge in [0, 0.05) is 68.7 Å². The summed E-state index contributed by atoms with van der Waals surface area (Å²) >= 11 is 0. The average Bonchev–Trinajstić information content (AvgIpc) is 3.44. The van der Waals surface area contributed by atoms with Crippen molar-refractivity contribution >= 4 is 57.1 Å². The van der Waals surface area contributed by atoms with Crippen molar-refractivity contribution in [2.75, 3.05) is 67.5 Å². The van der Waals surface area contributed by atoms with Crippen LogP contribution in [-0.4, -0.2) is 99.6 Å². The number of carbonyl (C=O) groups is 4. The molecule has 0 aliphatic carbocycles. The molecule has 0 saturated carbocycles. The van der Waals surface area contributed by atoms with Crippen LogP contribution in [0.3, 0.4) is 0 Å². The van der Waals surface area contributed by atoms with Gasteiger partial charge < -0.3 is 53.6 Å². The minimum atomic E-state index is 0. The zero-order chi connectivity index (χ0) is 52.2. The lowest BCUT2D eigenvalue weighted by Crippen LogP contribution is -3.00. The maximum Gasteiger partial charge on any atom is 0.193 e. The van der Waals surface area contributed by atoms with E-state index in [0.29, 0.717) is 22.3 Å². The van der Waals surface area contributed by atoms with Gasteiger partial charge in [0.2, 0.25) is 0 Å². The van der Waals surface area contributed by atoms with E-state index in [4.69, 9.17) is 0 Å².